The zero-order valence-electron chi connectivity index (χ0n) is 20.4. The number of anilines is 2. The van der Waals surface area contributed by atoms with Gasteiger partial charge in [0.1, 0.15) is 5.75 Å². The van der Waals surface area contributed by atoms with Gasteiger partial charge in [0.25, 0.3) is 0 Å². The van der Waals surface area contributed by atoms with Gasteiger partial charge in [-0.05, 0) is 68.0 Å². The summed E-state index contributed by atoms with van der Waals surface area (Å²) in [6, 6.07) is 12.6. The minimum Gasteiger partial charge on any atom is -0.426 e. The van der Waals surface area contributed by atoms with Crippen LogP contribution in [0.15, 0.2) is 42.5 Å². The topological polar surface area (TPSA) is 84.0 Å². The first kappa shape index (κ1) is 24.8. The van der Waals surface area contributed by atoms with E-state index in [2.05, 4.69) is 31.9 Å². The Kier molecular flexibility index (Phi) is 6.06. The molecule has 2 saturated heterocycles. The van der Waals surface area contributed by atoms with Crippen molar-refractivity contribution in [2.24, 2.45) is 29.6 Å². The number of benzene rings is 2. The number of hydrogen-bond acceptors (Lipinski definition) is 5. The summed E-state index contributed by atoms with van der Waals surface area (Å²) in [5, 5.41) is 0. The van der Waals surface area contributed by atoms with Crippen LogP contribution in [0.3, 0.4) is 0 Å². The molecular weight excluding hydrogens is 604 g/mol. The average Bonchev–Trinajstić information content (AvgIpc) is 3.58. The van der Waals surface area contributed by atoms with Crippen LogP contribution in [-0.4, -0.2) is 39.9 Å². The molecule has 192 valence electrons. The number of amides is 3. The summed E-state index contributed by atoms with van der Waals surface area (Å²) in [7, 11) is 0. The number of nitrogens with zero attached hydrogens (tertiary/aromatic N) is 2. The van der Waals surface area contributed by atoms with E-state index in [0.717, 1.165) is 17.7 Å². The number of aryl methyl sites for hydroxylation is 2. The highest BCUT2D eigenvalue weighted by atomic mass is 79.9. The maximum absolute atomic E-state index is 13.4. The lowest BCUT2D eigenvalue weighted by atomic mass is 9.81. The van der Waals surface area contributed by atoms with E-state index in [0.29, 0.717) is 17.0 Å². The highest BCUT2D eigenvalue weighted by Gasteiger charge is 2.66. The zero-order valence-corrected chi connectivity index (χ0v) is 23.6. The van der Waals surface area contributed by atoms with Gasteiger partial charge >= 0.3 is 5.97 Å². The summed E-state index contributed by atoms with van der Waals surface area (Å²) in [6.45, 7) is 4.04. The molecule has 9 heteroatoms. The Morgan fingerprint density at radius 2 is 1.54 bits per heavy atom. The Bertz CT molecular complexity index is 1300. The number of imide groups is 1. The molecule has 0 aromatic heterocycles. The van der Waals surface area contributed by atoms with Crippen LogP contribution in [0.5, 0.6) is 5.75 Å². The fourth-order valence-corrected chi connectivity index (χ4v) is 8.44. The number of fused-ring (bicyclic) bond motifs is 5. The number of carbonyl (C=O) groups excluding carboxylic acids is 4. The molecule has 0 spiro atoms. The molecule has 2 aliphatic carbocycles. The molecule has 6 rings (SSSR count). The van der Waals surface area contributed by atoms with Gasteiger partial charge < -0.3 is 9.64 Å². The first-order valence-electron chi connectivity index (χ1n) is 12.5. The van der Waals surface area contributed by atoms with E-state index in [9.17, 15) is 19.2 Å². The Labute approximate surface area is 231 Å². The van der Waals surface area contributed by atoms with Gasteiger partial charge in [-0.1, -0.05) is 49.6 Å². The number of carbonyl (C=O) groups is 4. The second kappa shape index (κ2) is 9.05. The van der Waals surface area contributed by atoms with Crippen LogP contribution in [0.25, 0.3) is 0 Å². The third-order valence-corrected chi connectivity index (χ3v) is 11.6. The van der Waals surface area contributed by atoms with Crippen molar-refractivity contribution < 1.29 is 23.9 Å². The molecule has 0 N–H and O–H groups in total. The average molecular weight is 630 g/mol. The van der Waals surface area contributed by atoms with E-state index in [1.807, 2.05) is 31.2 Å². The predicted molar refractivity (Wildman–Crippen MR) is 145 cm³/mol. The number of rotatable bonds is 4. The van der Waals surface area contributed by atoms with Gasteiger partial charge in [0.05, 0.1) is 23.4 Å². The molecule has 2 aliphatic heterocycles. The van der Waals surface area contributed by atoms with Crippen molar-refractivity contribution in [1.29, 1.82) is 0 Å². The molecule has 4 aliphatic rings. The molecule has 2 aromatic rings. The van der Waals surface area contributed by atoms with Crippen LogP contribution in [0, 0.1) is 43.4 Å². The molecule has 2 saturated carbocycles. The van der Waals surface area contributed by atoms with Gasteiger partial charge in [-0.3, -0.25) is 19.2 Å². The summed E-state index contributed by atoms with van der Waals surface area (Å²) in [5.74, 6) is -1.38. The van der Waals surface area contributed by atoms with Crippen LogP contribution < -0.4 is 14.5 Å². The smallest absolute Gasteiger partial charge is 0.316 e. The fourth-order valence-electron chi connectivity index (χ4n) is 6.57. The molecule has 2 bridgehead atoms. The van der Waals surface area contributed by atoms with Crippen LogP contribution in [0.2, 0.25) is 0 Å². The van der Waals surface area contributed by atoms with Crippen LogP contribution in [-0.2, 0) is 19.2 Å². The second-order valence-corrected chi connectivity index (χ2v) is 12.7. The van der Waals surface area contributed by atoms with Crippen LogP contribution >= 0.6 is 31.9 Å². The molecule has 7 nitrogen and oxygen atoms in total. The highest BCUT2D eigenvalue weighted by molar-refractivity contribution is 9.12. The first-order chi connectivity index (χ1) is 17.7. The van der Waals surface area contributed by atoms with Crippen molar-refractivity contribution in [3.05, 3.63) is 53.6 Å². The van der Waals surface area contributed by atoms with Gasteiger partial charge in [-0.25, -0.2) is 4.90 Å². The van der Waals surface area contributed by atoms with E-state index in [1.165, 1.54) is 4.90 Å². The van der Waals surface area contributed by atoms with Gasteiger partial charge in [-0.15, -0.1) is 0 Å². The van der Waals surface area contributed by atoms with Crippen LogP contribution in [0.1, 0.15) is 24.0 Å². The molecular formula is C28H26Br2N2O5. The Hall–Kier alpha value is -2.52. The monoisotopic (exact) mass is 628 g/mol. The van der Waals surface area contributed by atoms with E-state index in [1.54, 1.807) is 30.0 Å². The minimum atomic E-state index is -0.570. The molecule has 4 fully saturated rings. The lowest BCUT2D eigenvalue weighted by molar-refractivity contribution is -0.139. The predicted octanol–water partition coefficient (Wildman–Crippen LogP) is 4.54. The van der Waals surface area contributed by atoms with E-state index in [-0.39, 0.29) is 64.0 Å². The quantitative estimate of drug-likeness (QED) is 0.215. The summed E-state index contributed by atoms with van der Waals surface area (Å²) in [5.41, 5.74) is 3.07. The van der Waals surface area contributed by atoms with Gasteiger partial charge in [-0.2, -0.15) is 0 Å². The molecule has 7 atom stereocenters. The summed E-state index contributed by atoms with van der Waals surface area (Å²) in [4.78, 5) is 55.5. The van der Waals surface area contributed by atoms with Crippen molar-refractivity contribution in [3.8, 4) is 5.75 Å². The van der Waals surface area contributed by atoms with Crippen molar-refractivity contribution in [2.45, 2.75) is 36.3 Å². The lowest BCUT2D eigenvalue weighted by Crippen LogP contribution is -2.37. The number of esters is 1. The number of ether oxygens (including phenoxy) is 1. The molecule has 3 amide bonds. The van der Waals surface area contributed by atoms with Crippen molar-refractivity contribution in [1.82, 2.24) is 0 Å². The molecule has 0 radical (unpaired) electrons. The minimum absolute atomic E-state index is 0.0921. The maximum Gasteiger partial charge on any atom is 0.316 e. The summed E-state index contributed by atoms with van der Waals surface area (Å²) >= 11 is 7.43. The maximum atomic E-state index is 13.4. The van der Waals surface area contributed by atoms with Crippen molar-refractivity contribution in [2.75, 3.05) is 16.3 Å². The molecule has 2 aromatic carbocycles. The van der Waals surface area contributed by atoms with Gasteiger partial charge in [0.15, 0.2) is 0 Å². The number of alkyl halides is 2. The van der Waals surface area contributed by atoms with Crippen LogP contribution in [0.4, 0.5) is 11.4 Å². The number of hydrogen-bond donors (Lipinski definition) is 0. The van der Waals surface area contributed by atoms with E-state index < -0.39 is 11.9 Å². The molecule has 0 unspecified atom stereocenters. The Morgan fingerprint density at radius 3 is 2.14 bits per heavy atom. The standard InChI is InChI=1S/C28H26Br2N2O5/c1-13-3-5-16(6-4-13)31-12-15(10-21(31)33)28(36)37-17-7-8-20(14(2)9-17)32-26(34)22-18-11-19(23(22)27(32)35)25(30)24(18)29/h3-9,15,18-19,22-25H,10-12H2,1-2H3/t15-,18-,19-,22-,23+,24-,25+/m1/s1. The third kappa shape index (κ3) is 3.88. The number of halogens is 2. The molecule has 2 heterocycles. The Morgan fingerprint density at radius 1 is 0.919 bits per heavy atom. The first-order valence-corrected chi connectivity index (χ1v) is 14.3. The zero-order chi connectivity index (χ0) is 26.2. The fraction of sp³-hybridized carbons (Fsp3) is 0.429. The largest absolute Gasteiger partial charge is 0.426 e. The second-order valence-electron chi connectivity index (χ2n) is 10.6. The Balaban J connectivity index is 1.16. The van der Waals surface area contributed by atoms with Gasteiger partial charge in [0.2, 0.25) is 17.7 Å². The summed E-state index contributed by atoms with van der Waals surface area (Å²) < 4.78 is 5.63. The third-order valence-electron chi connectivity index (χ3n) is 8.42. The normalized spacial score (nSPS) is 32.4. The van der Waals surface area contributed by atoms with Crippen molar-refractivity contribution >= 4 is 66.9 Å². The summed E-state index contributed by atoms with van der Waals surface area (Å²) in [6.07, 6.45) is 0.972. The van der Waals surface area contributed by atoms with E-state index in [4.69, 9.17) is 4.74 Å². The SMILES string of the molecule is Cc1ccc(N2C[C@H](C(=O)Oc3ccc(N4C(=O)[C@@H]5[C@H]6C[C@@H]([C@H](Br)[C@@H]6Br)[C@@H]5C4=O)c(C)c3)CC2=O)cc1. The van der Waals surface area contributed by atoms with E-state index >= 15 is 0 Å². The highest BCUT2D eigenvalue weighted by Crippen LogP contribution is 2.60. The molecule has 37 heavy (non-hydrogen) atoms. The van der Waals surface area contributed by atoms with Crippen molar-refractivity contribution in [3.63, 3.8) is 0 Å². The van der Waals surface area contributed by atoms with Gasteiger partial charge in [0, 0.05) is 28.3 Å². The lowest BCUT2D eigenvalue weighted by Gasteiger charge is -2.28.